The molecule has 17 nitrogen and oxygen atoms in total. The number of anilines is 1. The maximum Gasteiger partial charge on any atom is 0.303 e. The molecule has 0 spiro atoms. The number of azo groups is 1. The van der Waals surface area contributed by atoms with Crippen LogP contribution in [0.3, 0.4) is 0 Å². The summed E-state index contributed by atoms with van der Waals surface area (Å²) in [6.07, 6.45) is 10.4. The molecule has 0 bridgehead atoms. The van der Waals surface area contributed by atoms with Gasteiger partial charge in [0.2, 0.25) is 0 Å². The summed E-state index contributed by atoms with van der Waals surface area (Å²) in [5, 5.41) is 65.7. The number of hydrazine groups is 1. The van der Waals surface area contributed by atoms with E-state index in [0.29, 0.717) is 48.6 Å². The number of non-ortho nitro benzene ring substituents is 2. The molecule has 0 aromatic heterocycles. The molecule has 304 valence electrons. The topological polar surface area (TPSA) is 242 Å². The molecule has 0 radical (unpaired) electrons. The van der Waals surface area contributed by atoms with Gasteiger partial charge in [0.1, 0.15) is 5.69 Å². The highest BCUT2D eigenvalue weighted by Crippen LogP contribution is 2.65. The Morgan fingerprint density at radius 1 is 0.804 bits per heavy atom. The van der Waals surface area contributed by atoms with Crippen molar-refractivity contribution in [2.45, 2.75) is 105 Å². The van der Waals surface area contributed by atoms with Crippen LogP contribution in [0.2, 0.25) is 0 Å². The number of aliphatic hydroxyl groups excluding tert-OH is 1. The Balaban J connectivity index is 1.45. The van der Waals surface area contributed by atoms with Gasteiger partial charge in [-0.3, -0.25) is 45.9 Å². The molecule has 0 amide bonds. The summed E-state index contributed by atoms with van der Waals surface area (Å²) in [7, 11) is 0. The second-order valence-corrected chi connectivity index (χ2v) is 16.9. The van der Waals surface area contributed by atoms with Crippen molar-refractivity contribution in [3.63, 3.8) is 0 Å². The number of nitro benzene ring substituents is 4. The number of nitro groups is 4. The number of hydrogen-bond acceptors (Lipinski definition) is 13. The number of benzene rings is 2. The van der Waals surface area contributed by atoms with Gasteiger partial charge in [0.15, 0.2) is 5.69 Å². The lowest BCUT2D eigenvalue weighted by molar-refractivity contribution is -0.393. The highest BCUT2D eigenvalue weighted by molar-refractivity contribution is 5.65. The number of allylic oxidation sites excluding steroid dienone is 1. The van der Waals surface area contributed by atoms with E-state index in [1.54, 1.807) is 6.08 Å². The average Bonchev–Trinajstić information content (AvgIpc) is 3.50. The van der Waals surface area contributed by atoms with Gasteiger partial charge in [0.05, 0.1) is 44.5 Å². The summed E-state index contributed by atoms with van der Waals surface area (Å²) in [6.45, 7) is 11.8. The first-order chi connectivity index (χ1) is 26.5. The number of aliphatic hydroxyl groups is 1. The number of rotatable bonds is 17. The molecule has 3 aliphatic rings. The van der Waals surface area contributed by atoms with Gasteiger partial charge < -0.3 is 10.5 Å². The maximum atomic E-state index is 11.9. The second-order valence-electron chi connectivity index (χ2n) is 16.9. The fourth-order valence-corrected chi connectivity index (χ4v) is 10.3. The highest BCUT2D eigenvalue weighted by atomic mass is 16.6. The molecule has 2 aromatic carbocycles. The molecule has 2 saturated carbocycles. The normalized spacial score (nSPS) is 28.1. The fraction of sp³-hybridized carbons (Fsp3) is 0.641. The predicted molar refractivity (Wildman–Crippen MR) is 210 cm³/mol. The minimum absolute atomic E-state index is 0.0440. The highest BCUT2D eigenvalue weighted by Gasteiger charge is 2.58. The number of fused-ring (bicyclic) bond motifs is 1. The lowest BCUT2D eigenvalue weighted by Crippen LogP contribution is -2.51. The molecule has 0 aliphatic heterocycles. The summed E-state index contributed by atoms with van der Waals surface area (Å²) in [5.41, 5.74) is 4.59. The van der Waals surface area contributed by atoms with Crippen molar-refractivity contribution in [2.24, 2.45) is 56.6 Å². The molecule has 17 heteroatoms. The Bertz CT molecular complexity index is 1870. The van der Waals surface area contributed by atoms with E-state index in [2.05, 4.69) is 55.7 Å². The standard InChI is InChI=1S/C39H54N8O9/c1-24(2)7-6-8-25(3)30-11-12-31-29(17-20-40-41-33-13-9-26(44(49)50)21-35(33)46(53)54)32(16-19-38(30,31)4)39(5)18-15-28(48)23-37(39)43-42-34-14-10-27(45(51)52)22-36(34)47(55)56/h9-10,13-14,21-25,28-32,42-43,48H,6-8,11-12,15-20H2,1-5H3/t25-,28+,29?,30?,31?,32?,38-,39-/m1/s1. The maximum absolute atomic E-state index is 11.9. The van der Waals surface area contributed by atoms with Crippen LogP contribution >= 0.6 is 0 Å². The third-order valence-electron chi connectivity index (χ3n) is 13.2. The van der Waals surface area contributed by atoms with Crippen molar-refractivity contribution >= 4 is 34.1 Å². The van der Waals surface area contributed by atoms with E-state index in [4.69, 9.17) is 0 Å². The van der Waals surface area contributed by atoms with E-state index in [0.717, 1.165) is 37.8 Å². The first-order valence-corrected chi connectivity index (χ1v) is 19.6. The van der Waals surface area contributed by atoms with Crippen LogP contribution in [0.4, 0.5) is 34.1 Å². The van der Waals surface area contributed by atoms with Crippen LogP contribution in [0.1, 0.15) is 98.8 Å². The fourth-order valence-electron chi connectivity index (χ4n) is 10.3. The Morgan fingerprint density at radius 2 is 1.46 bits per heavy atom. The van der Waals surface area contributed by atoms with Crippen LogP contribution < -0.4 is 10.9 Å². The largest absolute Gasteiger partial charge is 0.389 e. The minimum Gasteiger partial charge on any atom is -0.389 e. The summed E-state index contributed by atoms with van der Waals surface area (Å²) in [4.78, 5) is 43.5. The Kier molecular flexibility index (Phi) is 13.1. The van der Waals surface area contributed by atoms with Gasteiger partial charge in [-0.05, 0) is 104 Å². The molecule has 0 heterocycles. The van der Waals surface area contributed by atoms with Crippen LogP contribution in [-0.2, 0) is 0 Å². The van der Waals surface area contributed by atoms with Crippen LogP contribution in [0.5, 0.6) is 0 Å². The smallest absolute Gasteiger partial charge is 0.303 e. The van der Waals surface area contributed by atoms with E-state index in [-0.39, 0.29) is 35.2 Å². The quantitative estimate of drug-likeness (QED) is 0.0775. The zero-order valence-electron chi connectivity index (χ0n) is 32.8. The predicted octanol–water partition coefficient (Wildman–Crippen LogP) is 9.98. The molecule has 56 heavy (non-hydrogen) atoms. The van der Waals surface area contributed by atoms with Crippen LogP contribution in [-0.4, -0.2) is 37.4 Å². The molecule has 3 aliphatic carbocycles. The summed E-state index contributed by atoms with van der Waals surface area (Å²) < 4.78 is 0. The van der Waals surface area contributed by atoms with Gasteiger partial charge in [0, 0.05) is 23.2 Å². The molecule has 4 unspecified atom stereocenters. The van der Waals surface area contributed by atoms with E-state index in [1.807, 2.05) is 0 Å². The molecule has 8 atom stereocenters. The van der Waals surface area contributed by atoms with Crippen molar-refractivity contribution in [1.29, 1.82) is 0 Å². The summed E-state index contributed by atoms with van der Waals surface area (Å²) in [6, 6.07) is 6.68. The Hall–Kier alpha value is -5.06. The van der Waals surface area contributed by atoms with Gasteiger partial charge >= 0.3 is 11.4 Å². The molecule has 5 rings (SSSR count). The minimum atomic E-state index is -0.750. The van der Waals surface area contributed by atoms with Gasteiger partial charge in [0.25, 0.3) is 11.4 Å². The molecule has 3 N–H and O–H groups in total. The van der Waals surface area contributed by atoms with Crippen LogP contribution in [0.15, 0.2) is 58.4 Å². The molecular weight excluding hydrogens is 724 g/mol. The van der Waals surface area contributed by atoms with Gasteiger partial charge in [-0.15, -0.1) is 5.11 Å². The zero-order valence-corrected chi connectivity index (χ0v) is 32.8. The summed E-state index contributed by atoms with van der Waals surface area (Å²) in [5.74, 6) is 2.35. The Morgan fingerprint density at radius 3 is 2.11 bits per heavy atom. The monoisotopic (exact) mass is 778 g/mol. The molecule has 2 aromatic rings. The van der Waals surface area contributed by atoms with Gasteiger partial charge in [-0.1, -0.05) is 53.9 Å². The number of nitrogens with zero attached hydrogens (tertiary/aromatic N) is 6. The zero-order chi connectivity index (χ0) is 40.9. The second kappa shape index (κ2) is 17.4. The Labute approximate surface area is 326 Å². The molecule has 0 saturated heterocycles. The van der Waals surface area contributed by atoms with E-state index < -0.39 is 54.0 Å². The van der Waals surface area contributed by atoms with Crippen LogP contribution in [0, 0.1) is 86.8 Å². The molecular formula is C39H54N8O9. The lowest BCUT2D eigenvalue weighted by Gasteiger charge is -2.56. The third kappa shape index (κ3) is 8.98. The van der Waals surface area contributed by atoms with E-state index in [1.165, 1.54) is 43.5 Å². The number of nitrogens with one attached hydrogen (secondary N) is 2. The lowest BCUT2D eigenvalue weighted by atomic mass is 9.50. The van der Waals surface area contributed by atoms with E-state index >= 15 is 0 Å². The SMILES string of the molecule is CC(C)CCC[C@@H](C)C1CCC2C(CCN=Nc3ccc([N+](=O)[O-])cc3[N+](=O)[O-])C([C@@]3(C)CC[C@H](O)C=C3NNc3ccc([N+](=O)[O-])cc3[N+](=O)[O-])CC[C@@]21C. The summed E-state index contributed by atoms with van der Waals surface area (Å²) >= 11 is 0. The van der Waals surface area contributed by atoms with Gasteiger partial charge in [-0.2, -0.15) is 5.11 Å². The van der Waals surface area contributed by atoms with Crippen molar-refractivity contribution in [2.75, 3.05) is 12.0 Å². The van der Waals surface area contributed by atoms with Crippen molar-refractivity contribution in [1.82, 2.24) is 5.43 Å². The van der Waals surface area contributed by atoms with Gasteiger partial charge in [-0.25, -0.2) is 0 Å². The molecule has 2 fully saturated rings. The van der Waals surface area contributed by atoms with E-state index in [9.17, 15) is 45.6 Å². The first-order valence-electron chi connectivity index (χ1n) is 19.6. The van der Waals surface area contributed by atoms with Crippen molar-refractivity contribution in [3.8, 4) is 0 Å². The third-order valence-corrected chi connectivity index (χ3v) is 13.2. The van der Waals surface area contributed by atoms with Crippen LogP contribution in [0.25, 0.3) is 0 Å². The number of hydrogen-bond donors (Lipinski definition) is 3. The average molecular weight is 779 g/mol. The first kappa shape index (κ1) is 42.1. The van der Waals surface area contributed by atoms with Crippen molar-refractivity contribution < 1.29 is 24.8 Å². The van der Waals surface area contributed by atoms with Crippen molar-refractivity contribution in [3.05, 3.63) is 88.6 Å².